The van der Waals surface area contributed by atoms with Crippen LogP contribution in [0, 0.1) is 0 Å². The third kappa shape index (κ3) is 4.75. The normalized spacial score (nSPS) is 17.6. The number of amides is 3. The maximum absolute atomic E-state index is 13.4. The van der Waals surface area contributed by atoms with Crippen molar-refractivity contribution in [3.63, 3.8) is 0 Å². The molecule has 1 aromatic carbocycles. The summed E-state index contributed by atoms with van der Waals surface area (Å²) in [5.74, 6) is 1.47. The van der Waals surface area contributed by atoms with E-state index in [-0.39, 0.29) is 24.7 Å². The lowest BCUT2D eigenvalue weighted by Crippen LogP contribution is -2.48. The minimum atomic E-state index is -3.77. The van der Waals surface area contributed by atoms with Gasteiger partial charge in [0.2, 0.25) is 10.0 Å². The maximum atomic E-state index is 13.4. The summed E-state index contributed by atoms with van der Waals surface area (Å²) in [6, 6.07) is 10.2. The number of sulfonamides is 1. The van der Waals surface area contributed by atoms with Crippen molar-refractivity contribution < 1.29 is 22.7 Å². The highest BCUT2D eigenvalue weighted by Gasteiger charge is 2.39. The summed E-state index contributed by atoms with van der Waals surface area (Å²) in [5.41, 5.74) is 3.10. The Morgan fingerprint density at radius 2 is 1.83 bits per heavy atom. The van der Waals surface area contributed by atoms with Gasteiger partial charge in [0.15, 0.2) is 5.82 Å². The predicted molar refractivity (Wildman–Crippen MR) is 156 cm³/mol. The first-order chi connectivity index (χ1) is 19.8. The summed E-state index contributed by atoms with van der Waals surface area (Å²) in [5, 5.41) is 0. The molecule has 3 aliphatic heterocycles. The summed E-state index contributed by atoms with van der Waals surface area (Å²) in [7, 11) is -2.03. The largest absolute Gasteiger partial charge is 0.493 e. The van der Waals surface area contributed by atoms with Crippen LogP contribution in [-0.4, -0.2) is 74.3 Å². The van der Waals surface area contributed by atoms with Crippen molar-refractivity contribution >= 4 is 45.0 Å². The van der Waals surface area contributed by atoms with E-state index in [0.29, 0.717) is 60.3 Å². The number of benzene rings is 1. The summed E-state index contributed by atoms with van der Waals surface area (Å²) in [6.07, 6.45) is 5.93. The zero-order valence-electron chi connectivity index (χ0n) is 23.1. The van der Waals surface area contributed by atoms with Crippen LogP contribution in [0.25, 0.3) is 0 Å². The third-order valence-corrected chi connectivity index (χ3v) is 9.46. The molecule has 0 N–H and O–H groups in total. The molecule has 0 aliphatic carbocycles. The lowest BCUT2D eigenvalue weighted by Gasteiger charge is -2.32. The average Bonchev–Trinajstić information content (AvgIpc) is 3.50. The van der Waals surface area contributed by atoms with Crippen LogP contribution in [0.15, 0.2) is 48.8 Å². The minimum absolute atomic E-state index is 0.157. The molecule has 0 saturated carbocycles. The Hall–Kier alpha value is -4.19. The highest BCUT2D eigenvalue weighted by atomic mass is 32.2. The number of pyridine rings is 2. The van der Waals surface area contributed by atoms with Gasteiger partial charge in [-0.15, -0.1) is 0 Å². The van der Waals surface area contributed by atoms with E-state index >= 15 is 0 Å². The van der Waals surface area contributed by atoms with Crippen LogP contribution < -0.4 is 18.8 Å². The van der Waals surface area contributed by atoms with Gasteiger partial charge in [-0.3, -0.25) is 4.79 Å². The highest BCUT2D eigenvalue weighted by molar-refractivity contribution is 7.93. The first-order valence-corrected chi connectivity index (χ1v) is 15.5. The van der Waals surface area contributed by atoms with E-state index in [1.807, 2.05) is 30.0 Å². The second-order valence-corrected chi connectivity index (χ2v) is 12.3. The second-order valence-electron chi connectivity index (χ2n) is 10.3. The molecule has 1 saturated heterocycles. The standard InChI is InChI=1S/C29H32N6O5S/c1-3-34-26-22(28(36)32(2)24-9-7-13-30-27(24)34)18-20(19-31-26)11-16-40-25-10-6-8-23-21(25)12-17-41(38,39)35(23)29(37)33-14-4-5-15-33/h6-10,13,18-19H,3-5,11-12,14-17H2,1-2H3. The molecule has 2 aromatic heterocycles. The van der Waals surface area contributed by atoms with Crippen molar-refractivity contribution in [3.05, 3.63) is 65.5 Å². The van der Waals surface area contributed by atoms with Gasteiger partial charge in [0.25, 0.3) is 5.91 Å². The van der Waals surface area contributed by atoms with Gasteiger partial charge >= 0.3 is 6.03 Å². The Balaban J connectivity index is 1.22. The van der Waals surface area contributed by atoms with Gasteiger partial charge in [0, 0.05) is 51.1 Å². The smallest absolute Gasteiger partial charge is 0.338 e. The number of likely N-dealkylation sites (tertiary alicyclic amines) is 1. The molecule has 11 nitrogen and oxygen atoms in total. The Kier molecular flexibility index (Phi) is 7.02. The molecule has 6 rings (SSSR count). The van der Waals surface area contributed by atoms with Crippen LogP contribution >= 0.6 is 0 Å². The summed E-state index contributed by atoms with van der Waals surface area (Å²) < 4.78 is 33.0. The monoisotopic (exact) mass is 576 g/mol. The number of fused-ring (bicyclic) bond motifs is 3. The molecule has 5 heterocycles. The molecule has 41 heavy (non-hydrogen) atoms. The van der Waals surface area contributed by atoms with Gasteiger partial charge in [-0.2, -0.15) is 4.31 Å². The molecule has 1 fully saturated rings. The second kappa shape index (κ2) is 10.7. The van der Waals surface area contributed by atoms with Crippen LogP contribution in [0.1, 0.15) is 41.3 Å². The molecular formula is C29H32N6O5S. The van der Waals surface area contributed by atoms with Crippen molar-refractivity contribution in [3.8, 4) is 5.75 Å². The van der Waals surface area contributed by atoms with Gasteiger partial charge in [-0.1, -0.05) is 6.07 Å². The molecule has 0 bridgehead atoms. The summed E-state index contributed by atoms with van der Waals surface area (Å²) in [4.78, 5) is 40.9. The summed E-state index contributed by atoms with van der Waals surface area (Å²) >= 11 is 0. The quantitative estimate of drug-likeness (QED) is 0.451. The number of hydrogen-bond acceptors (Lipinski definition) is 8. The Morgan fingerprint density at radius 3 is 2.61 bits per heavy atom. The molecule has 3 amide bonds. The number of urea groups is 1. The summed E-state index contributed by atoms with van der Waals surface area (Å²) in [6.45, 7) is 3.99. The zero-order chi connectivity index (χ0) is 28.7. The van der Waals surface area contributed by atoms with Crippen molar-refractivity contribution in [2.24, 2.45) is 0 Å². The van der Waals surface area contributed by atoms with E-state index in [1.165, 1.54) is 0 Å². The van der Waals surface area contributed by atoms with Crippen LogP contribution in [0.5, 0.6) is 5.75 Å². The first kappa shape index (κ1) is 27.0. The van der Waals surface area contributed by atoms with Crippen molar-refractivity contribution in [1.82, 2.24) is 14.9 Å². The van der Waals surface area contributed by atoms with E-state index in [2.05, 4.69) is 9.97 Å². The number of nitrogens with zero attached hydrogens (tertiary/aromatic N) is 6. The van der Waals surface area contributed by atoms with E-state index in [1.54, 1.807) is 47.4 Å². The molecule has 3 aliphatic rings. The molecule has 214 valence electrons. The fraction of sp³-hybridized carbons (Fsp3) is 0.379. The Labute approximate surface area is 239 Å². The topological polar surface area (TPSA) is 116 Å². The number of aromatic nitrogens is 2. The number of rotatable bonds is 5. The Bertz CT molecular complexity index is 1620. The SMILES string of the molecule is CCN1c2ncc(CCOc3cccc4c3CCS(=O)(=O)N4C(=O)N3CCCC3)cc2C(=O)N(C)c2cccnc21. The molecule has 12 heteroatoms. The van der Waals surface area contributed by atoms with Gasteiger partial charge in [-0.25, -0.2) is 23.2 Å². The van der Waals surface area contributed by atoms with E-state index in [4.69, 9.17) is 4.74 Å². The number of carbonyl (C=O) groups excluding carboxylic acids is 2. The fourth-order valence-electron chi connectivity index (χ4n) is 5.70. The fourth-order valence-corrected chi connectivity index (χ4v) is 7.17. The predicted octanol–water partition coefficient (Wildman–Crippen LogP) is 3.75. The van der Waals surface area contributed by atoms with Crippen molar-refractivity contribution in [2.75, 3.05) is 53.1 Å². The average molecular weight is 577 g/mol. The van der Waals surface area contributed by atoms with Crippen LogP contribution in [0.4, 0.5) is 27.8 Å². The third-order valence-electron chi connectivity index (χ3n) is 7.83. The highest BCUT2D eigenvalue weighted by Crippen LogP contribution is 2.38. The minimum Gasteiger partial charge on any atom is -0.493 e. The molecule has 3 aromatic rings. The lowest BCUT2D eigenvalue weighted by molar-refractivity contribution is 0.0994. The van der Waals surface area contributed by atoms with Gasteiger partial charge in [0.05, 0.1) is 29.3 Å². The van der Waals surface area contributed by atoms with Crippen molar-refractivity contribution in [1.29, 1.82) is 0 Å². The number of ether oxygens (including phenoxy) is 1. The number of anilines is 4. The molecule has 0 radical (unpaired) electrons. The molecule has 0 atom stereocenters. The number of carbonyl (C=O) groups is 2. The van der Waals surface area contributed by atoms with Gasteiger partial charge in [0.1, 0.15) is 11.6 Å². The Morgan fingerprint density at radius 1 is 1.05 bits per heavy atom. The maximum Gasteiger partial charge on any atom is 0.338 e. The van der Waals surface area contributed by atoms with E-state index in [0.717, 1.165) is 28.4 Å². The van der Waals surface area contributed by atoms with Gasteiger partial charge in [-0.05, 0) is 62.1 Å². The zero-order valence-corrected chi connectivity index (χ0v) is 23.9. The van der Waals surface area contributed by atoms with E-state index < -0.39 is 16.1 Å². The molecular weight excluding hydrogens is 544 g/mol. The first-order valence-electron chi connectivity index (χ1n) is 13.9. The van der Waals surface area contributed by atoms with Gasteiger partial charge < -0.3 is 19.4 Å². The van der Waals surface area contributed by atoms with E-state index in [9.17, 15) is 18.0 Å². The lowest BCUT2D eigenvalue weighted by atomic mass is 10.1. The van der Waals surface area contributed by atoms with Crippen LogP contribution in [0.2, 0.25) is 0 Å². The number of hydrogen-bond donors (Lipinski definition) is 0. The molecule has 0 unspecified atom stereocenters. The van der Waals surface area contributed by atoms with Crippen LogP contribution in [0.3, 0.4) is 0 Å². The van der Waals surface area contributed by atoms with Crippen LogP contribution in [-0.2, 0) is 22.9 Å². The molecule has 0 spiro atoms. The van der Waals surface area contributed by atoms with Crippen molar-refractivity contribution in [2.45, 2.75) is 32.6 Å².